The molecule has 1 aromatic heterocycles. The van der Waals surface area contributed by atoms with Crippen LogP contribution in [0.15, 0.2) is 17.4 Å². The van der Waals surface area contributed by atoms with Gasteiger partial charge in [-0.15, -0.1) is 24.0 Å². The zero-order chi connectivity index (χ0) is 18.4. The Morgan fingerprint density at radius 2 is 2.26 bits per heavy atom. The third-order valence-corrected chi connectivity index (χ3v) is 5.30. The van der Waals surface area contributed by atoms with Gasteiger partial charge in [0.25, 0.3) is 0 Å². The van der Waals surface area contributed by atoms with E-state index in [1.165, 1.54) is 12.8 Å². The molecule has 1 aromatic rings. The highest BCUT2D eigenvalue weighted by atomic mass is 127. The fourth-order valence-corrected chi connectivity index (χ4v) is 3.42. The molecule has 2 aliphatic rings. The number of hydrogen-bond acceptors (Lipinski definition) is 4. The normalized spacial score (nSPS) is 21.7. The third-order valence-electron chi connectivity index (χ3n) is 5.30. The van der Waals surface area contributed by atoms with Crippen LogP contribution in [0.3, 0.4) is 0 Å². The molecule has 7 nitrogen and oxygen atoms in total. The predicted octanol–water partition coefficient (Wildman–Crippen LogP) is 2.58. The number of aryl methyl sites for hydroxylation is 1. The van der Waals surface area contributed by atoms with E-state index >= 15 is 0 Å². The Kier molecular flexibility index (Phi) is 8.81. The lowest BCUT2D eigenvalue weighted by Crippen LogP contribution is -2.48. The topological polar surface area (TPSA) is 63.9 Å². The smallest absolute Gasteiger partial charge is 0.194 e. The first-order valence-electron chi connectivity index (χ1n) is 9.87. The fraction of sp³-hybridized carbons (Fsp3) is 0.789. The summed E-state index contributed by atoms with van der Waals surface area (Å²) < 4.78 is 13.3. The van der Waals surface area contributed by atoms with Gasteiger partial charge < -0.3 is 19.7 Å². The van der Waals surface area contributed by atoms with Crippen LogP contribution in [-0.4, -0.2) is 66.6 Å². The number of halogens is 1. The van der Waals surface area contributed by atoms with Crippen molar-refractivity contribution in [3.8, 4) is 0 Å². The molecule has 0 aromatic carbocycles. The summed E-state index contributed by atoms with van der Waals surface area (Å²) >= 11 is 0. The van der Waals surface area contributed by atoms with Gasteiger partial charge in [-0.05, 0) is 38.5 Å². The van der Waals surface area contributed by atoms with E-state index in [2.05, 4.69) is 29.2 Å². The molecule has 0 spiro atoms. The van der Waals surface area contributed by atoms with Crippen LogP contribution in [0.1, 0.15) is 44.8 Å². The second kappa shape index (κ2) is 10.6. The number of nitrogens with one attached hydrogen (secondary N) is 1. The lowest BCUT2D eigenvalue weighted by Gasteiger charge is -2.35. The van der Waals surface area contributed by atoms with Gasteiger partial charge in [0.1, 0.15) is 6.10 Å². The minimum absolute atomic E-state index is 0. The lowest BCUT2D eigenvalue weighted by atomic mass is 10.0. The third kappa shape index (κ3) is 6.32. The van der Waals surface area contributed by atoms with E-state index in [0.29, 0.717) is 12.0 Å². The number of rotatable bonds is 8. The molecule has 27 heavy (non-hydrogen) atoms. The summed E-state index contributed by atoms with van der Waals surface area (Å²) in [6.07, 6.45) is 7.63. The van der Waals surface area contributed by atoms with Crippen LogP contribution >= 0.6 is 24.0 Å². The predicted molar refractivity (Wildman–Crippen MR) is 118 cm³/mol. The molecular weight excluding hydrogens is 457 g/mol. The van der Waals surface area contributed by atoms with E-state index in [9.17, 15) is 0 Å². The maximum atomic E-state index is 5.96. The van der Waals surface area contributed by atoms with Crippen molar-refractivity contribution in [2.45, 2.75) is 39.2 Å². The number of hydrogen-bond donors (Lipinski definition) is 1. The van der Waals surface area contributed by atoms with Crippen LogP contribution < -0.4 is 5.32 Å². The monoisotopic (exact) mass is 491 g/mol. The Morgan fingerprint density at radius 3 is 2.89 bits per heavy atom. The van der Waals surface area contributed by atoms with Gasteiger partial charge in [0, 0.05) is 51.7 Å². The average Bonchev–Trinajstić information content (AvgIpc) is 3.29. The van der Waals surface area contributed by atoms with Crippen LogP contribution in [0, 0.1) is 5.41 Å². The SMILES string of the molecule is CCNC(=NCC1(CCOCC)CC1)N1CCOC(c2cnn(C)c2)C1.I. The highest BCUT2D eigenvalue weighted by Crippen LogP contribution is 2.49. The standard InChI is InChI=1S/C19H33N5O2.HI/c1-4-20-18(21-15-19(6-7-19)8-10-25-5-2)24-9-11-26-17(14-24)16-12-22-23(3)13-16;/h12-13,17H,4-11,14-15H2,1-3H3,(H,20,21);1H. The van der Waals surface area contributed by atoms with Crippen LogP contribution in [0.5, 0.6) is 0 Å². The second-order valence-corrected chi connectivity index (χ2v) is 7.37. The molecule has 1 saturated heterocycles. The molecule has 8 heteroatoms. The van der Waals surface area contributed by atoms with Crippen molar-refractivity contribution in [2.75, 3.05) is 46.0 Å². The summed E-state index contributed by atoms with van der Waals surface area (Å²) in [5.41, 5.74) is 1.49. The Labute approximate surface area is 179 Å². The average molecular weight is 491 g/mol. The van der Waals surface area contributed by atoms with Gasteiger partial charge >= 0.3 is 0 Å². The molecule has 3 rings (SSSR count). The van der Waals surface area contributed by atoms with Gasteiger partial charge in [0.2, 0.25) is 0 Å². The molecule has 1 saturated carbocycles. The highest BCUT2D eigenvalue weighted by Gasteiger charge is 2.42. The molecule has 1 aliphatic carbocycles. The zero-order valence-electron chi connectivity index (χ0n) is 16.8. The van der Waals surface area contributed by atoms with Crippen LogP contribution in [0.25, 0.3) is 0 Å². The highest BCUT2D eigenvalue weighted by molar-refractivity contribution is 14.0. The van der Waals surface area contributed by atoms with Gasteiger partial charge in [-0.2, -0.15) is 5.10 Å². The molecule has 1 unspecified atom stereocenters. The zero-order valence-corrected chi connectivity index (χ0v) is 19.1. The van der Waals surface area contributed by atoms with Crippen molar-refractivity contribution in [2.24, 2.45) is 17.5 Å². The number of aromatic nitrogens is 2. The van der Waals surface area contributed by atoms with E-state index in [1.54, 1.807) is 0 Å². The molecule has 1 N–H and O–H groups in total. The number of morpholine rings is 1. The van der Waals surface area contributed by atoms with Gasteiger partial charge in [-0.1, -0.05) is 0 Å². The lowest BCUT2D eigenvalue weighted by molar-refractivity contribution is -0.00808. The van der Waals surface area contributed by atoms with Gasteiger partial charge in [-0.3, -0.25) is 9.67 Å². The molecule has 2 fully saturated rings. The second-order valence-electron chi connectivity index (χ2n) is 7.37. The maximum Gasteiger partial charge on any atom is 0.194 e. The first kappa shape index (κ1) is 22.4. The molecule has 154 valence electrons. The summed E-state index contributed by atoms with van der Waals surface area (Å²) in [4.78, 5) is 7.31. The van der Waals surface area contributed by atoms with Crippen LogP contribution in [0.4, 0.5) is 0 Å². The summed E-state index contributed by atoms with van der Waals surface area (Å²) in [5.74, 6) is 1.01. The van der Waals surface area contributed by atoms with Gasteiger partial charge in [0.05, 0.1) is 19.3 Å². The van der Waals surface area contributed by atoms with Crippen molar-refractivity contribution in [3.05, 3.63) is 18.0 Å². The quantitative estimate of drug-likeness (QED) is 0.262. The van der Waals surface area contributed by atoms with Crippen LogP contribution in [-0.2, 0) is 16.5 Å². The largest absolute Gasteiger partial charge is 0.382 e. The van der Waals surface area contributed by atoms with Gasteiger partial charge in [-0.25, -0.2) is 0 Å². The summed E-state index contributed by atoms with van der Waals surface area (Å²) in [5, 5.41) is 7.74. The first-order valence-corrected chi connectivity index (χ1v) is 9.87. The molecule has 0 amide bonds. The Balaban J connectivity index is 0.00000261. The van der Waals surface area contributed by atoms with Crippen molar-refractivity contribution in [3.63, 3.8) is 0 Å². The maximum absolute atomic E-state index is 5.96. The molecule has 0 radical (unpaired) electrons. The van der Waals surface area contributed by atoms with Crippen molar-refractivity contribution in [1.82, 2.24) is 20.0 Å². The first-order chi connectivity index (χ1) is 12.7. The van der Waals surface area contributed by atoms with Crippen molar-refractivity contribution >= 4 is 29.9 Å². The van der Waals surface area contributed by atoms with Crippen molar-refractivity contribution in [1.29, 1.82) is 0 Å². The summed E-state index contributed by atoms with van der Waals surface area (Å²) in [6, 6.07) is 0. The van der Waals surface area contributed by atoms with E-state index in [4.69, 9.17) is 14.5 Å². The summed E-state index contributed by atoms with van der Waals surface area (Å²) in [7, 11) is 1.94. The van der Waals surface area contributed by atoms with Crippen molar-refractivity contribution < 1.29 is 9.47 Å². The van der Waals surface area contributed by atoms with E-state index in [0.717, 1.165) is 57.3 Å². The van der Waals surface area contributed by atoms with Crippen LogP contribution in [0.2, 0.25) is 0 Å². The Hall–Kier alpha value is -0.870. The number of guanidine groups is 1. The minimum atomic E-state index is 0. The van der Waals surface area contributed by atoms with E-state index < -0.39 is 0 Å². The fourth-order valence-electron chi connectivity index (χ4n) is 3.42. The van der Waals surface area contributed by atoms with E-state index in [-0.39, 0.29) is 30.1 Å². The van der Waals surface area contributed by atoms with Gasteiger partial charge in [0.15, 0.2) is 5.96 Å². The molecular formula is C19H34IN5O2. The molecule has 1 aliphatic heterocycles. The summed E-state index contributed by atoms with van der Waals surface area (Å²) in [6.45, 7) is 9.97. The Bertz CT molecular complexity index is 603. The molecule has 2 heterocycles. The number of aliphatic imine (C=N–C) groups is 1. The minimum Gasteiger partial charge on any atom is -0.382 e. The molecule has 0 bridgehead atoms. The van der Waals surface area contributed by atoms with E-state index in [1.807, 2.05) is 24.1 Å². The number of ether oxygens (including phenoxy) is 2. The Morgan fingerprint density at radius 1 is 1.44 bits per heavy atom. The number of nitrogens with zero attached hydrogens (tertiary/aromatic N) is 4. The molecule has 1 atom stereocenters.